The molecule has 0 aliphatic carbocycles. The first-order valence-corrected chi connectivity index (χ1v) is 6.10. The van der Waals surface area contributed by atoms with Gasteiger partial charge >= 0.3 is 6.18 Å². The van der Waals surface area contributed by atoms with Crippen molar-refractivity contribution in [2.24, 2.45) is 0 Å². The Bertz CT molecular complexity index is 739. The van der Waals surface area contributed by atoms with Gasteiger partial charge < -0.3 is 9.26 Å². The van der Waals surface area contributed by atoms with Gasteiger partial charge in [-0.05, 0) is 30.3 Å². The fourth-order valence-corrected chi connectivity index (χ4v) is 1.70. The third kappa shape index (κ3) is 3.05. The van der Waals surface area contributed by atoms with Gasteiger partial charge in [0.2, 0.25) is 18.1 Å². The summed E-state index contributed by atoms with van der Waals surface area (Å²) < 4.78 is 47.3. The molecule has 0 amide bonds. The molecule has 2 aromatic heterocycles. The summed E-state index contributed by atoms with van der Waals surface area (Å²) in [6.07, 6.45) is -2.48. The fraction of sp³-hybridized carbons (Fsp3) is 0.0714. The van der Waals surface area contributed by atoms with Gasteiger partial charge in [0.15, 0.2) is 0 Å². The van der Waals surface area contributed by atoms with E-state index in [1.807, 2.05) is 0 Å². The van der Waals surface area contributed by atoms with Crippen LogP contribution in [0.25, 0.3) is 11.4 Å². The van der Waals surface area contributed by atoms with E-state index < -0.39 is 11.7 Å². The molecule has 0 spiro atoms. The highest BCUT2D eigenvalue weighted by Crippen LogP contribution is 2.30. The lowest BCUT2D eigenvalue weighted by atomic mass is 10.2. The molecule has 0 unspecified atom stereocenters. The maximum Gasteiger partial charge on any atom is 0.417 e. The van der Waals surface area contributed by atoms with Gasteiger partial charge in [0.1, 0.15) is 5.75 Å². The largest absolute Gasteiger partial charge is 0.439 e. The number of hydrogen-bond acceptors (Lipinski definition) is 5. The van der Waals surface area contributed by atoms with Crippen LogP contribution in [0.15, 0.2) is 53.5 Å². The molecule has 0 bridgehead atoms. The second-order valence-corrected chi connectivity index (χ2v) is 4.26. The Morgan fingerprint density at radius 3 is 2.27 bits per heavy atom. The van der Waals surface area contributed by atoms with Gasteiger partial charge in [0.05, 0.1) is 5.56 Å². The molecular weight excluding hydrogens is 299 g/mol. The smallest absolute Gasteiger partial charge is 0.417 e. The van der Waals surface area contributed by atoms with Crippen molar-refractivity contribution in [1.29, 1.82) is 0 Å². The van der Waals surface area contributed by atoms with Crippen molar-refractivity contribution in [3.8, 4) is 23.0 Å². The van der Waals surface area contributed by atoms with E-state index in [4.69, 9.17) is 4.74 Å². The average Bonchev–Trinajstić information content (AvgIpc) is 3.02. The highest BCUT2D eigenvalue weighted by molar-refractivity contribution is 5.55. The average molecular weight is 307 g/mol. The number of halogens is 3. The second-order valence-electron chi connectivity index (χ2n) is 4.26. The zero-order valence-electron chi connectivity index (χ0n) is 10.9. The van der Waals surface area contributed by atoms with Crippen LogP contribution in [0.1, 0.15) is 5.56 Å². The maximum atomic E-state index is 12.4. The Labute approximate surface area is 122 Å². The molecule has 0 saturated carbocycles. The van der Waals surface area contributed by atoms with Crippen molar-refractivity contribution < 1.29 is 22.4 Å². The first kappa shape index (κ1) is 14.1. The molecule has 0 radical (unpaired) electrons. The lowest BCUT2D eigenvalue weighted by Gasteiger charge is -2.08. The normalized spacial score (nSPS) is 11.4. The van der Waals surface area contributed by atoms with E-state index in [1.165, 1.54) is 6.39 Å². The minimum Gasteiger partial charge on any atom is -0.439 e. The van der Waals surface area contributed by atoms with Gasteiger partial charge in [-0.1, -0.05) is 5.16 Å². The van der Waals surface area contributed by atoms with Crippen LogP contribution in [0.3, 0.4) is 0 Å². The fourth-order valence-electron chi connectivity index (χ4n) is 1.70. The highest BCUT2D eigenvalue weighted by Gasteiger charge is 2.30. The van der Waals surface area contributed by atoms with E-state index in [0.717, 1.165) is 23.9 Å². The Hall–Kier alpha value is -2.90. The van der Waals surface area contributed by atoms with Gasteiger partial charge in [-0.25, -0.2) is 4.98 Å². The van der Waals surface area contributed by atoms with Crippen LogP contribution in [0.2, 0.25) is 0 Å². The van der Waals surface area contributed by atoms with Crippen molar-refractivity contribution in [1.82, 2.24) is 15.1 Å². The number of pyridine rings is 1. The topological polar surface area (TPSA) is 61.0 Å². The lowest BCUT2D eigenvalue weighted by molar-refractivity contribution is -0.137. The molecule has 3 aromatic rings. The molecule has 0 atom stereocenters. The van der Waals surface area contributed by atoms with Crippen molar-refractivity contribution in [2.45, 2.75) is 6.18 Å². The zero-order valence-corrected chi connectivity index (χ0v) is 10.9. The van der Waals surface area contributed by atoms with Crippen LogP contribution in [0.4, 0.5) is 13.2 Å². The molecule has 0 saturated heterocycles. The molecule has 0 fully saturated rings. The summed E-state index contributed by atoms with van der Waals surface area (Å²) in [5.41, 5.74) is -0.103. The molecular formula is C14H8F3N3O2. The molecule has 5 nitrogen and oxygen atoms in total. The molecule has 3 rings (SSSR count). The standard InChI is InChI=1S/C14H8F3N3O2/c15-14(16,17)10-3-6-12(18-7-10)22-11-4-1-9(2-5-11)13-19-8-21-20-13/h1-8H. The molecule has 0 aliphatic heterocycles. The monoisotopic (exact) mass is 307 g/mol. The number of benzene rings is 1. The summed E-state index contributed by atoms with van der Waals surface area (Å²) in [5, 5.41) is 3.69. The van der Waals surface area contributed by atoms with Crippen LogP contribution in [-0.2, 0) is 6.18 Å². The van der Waals surface area contributed by atoms with Gasteiger partial charge in [-0.15, -0.1) is 0 Å². The van der Waals surface area contributed by atoms with Crippen LogP contribution in [0, 0.1) is 0 Å². The summed E-state index contributed by atoms with van der Waals surface area (Å²) in [7, 11) is 0. The molecule has 0 N–H and O–H groups in total. The molecule has 1 aromatic carbocycles. The molecule has 8 heteroatoms. The van der Waals surface area contributed by atoms with E-state index in [0.29, 0.717) is 11.6 Å². The number of rotatable bonds is 3. The van der Waals surface area contributed by atoms with Gasteiger partial charge in [0.25, 0.3) is 0 Å². The first-order chi connectivity index (χ1) is 10.5. The zero-order chi connectivity index (χ0) is 15.6. The van der Waals surface area contributed by atoms with E-state index >= 15 is 0 Å². The van der Waals surface area contributed by atoms with E-state index in [2.05, 4.69) is 19.6 Å². The lowest BCUT2D eigenvalue weighted by Crippen LogP contribution is -2.05. The maximum absolute atomic E-state index is 12.4. The van der Waals surface area contributed by atoms with E-state index in [-0.39, 0.29) is 5.88 Å². The van der Waals surface area contributed by atoms with Crippen molar-refractivity contribution >= 4 is 0 Å². The predicted molar refractivity (Wildman–Crippen MR) is 69.0 cm³/mol. The van der Waals surface area contributed by atoms with Crippen molar-refractivity contribution in [2.75, 3.05) is 0 Å². The van der Waals surface area contributed by atoms with Gasteiger partial charge in [-0.2, -0.15) is 18.2 Å². The van der Waals surface area contributed by atoms with Crippen LogP contribution < -0.4 is 4.74 Å². The summed E-state index contributed by atoms with van der Waals surface area (Å²) in [4.78, 5) is 7.53. The molecule has 22 heavy (non-hydrogen) atoms. The summed E-state index contributed by atoms with van der Waals surface area (Å²) in [6, 6.07) is 8.73. The Morgan fingerprint density at radius 2 is 1.73 bits per heavy atom. The van der Waals surface area contributed by atoms with Gasteiger partial charge in [0, 0.05) is 17.8 Å². The first-order valence-electron chi connectivity index (χ1n) is 6.10. The number of ether oxygens (including phenoxy) is 1. The van der Waals surface area contributed by atoms with Crippen molar-refractivity contribution in [3.63, 3.8) is 0 Å². The molecule has 112 valence electrons. The second kappa shape index (κ2) is 5.47. The Kier molecular flexibility index (Phi) is 3.50. The van der Waals surface area contributed by atoms with Crippen LogP contribution in [0.5, 0.6) is 11.6 Å². The third-order valence-electron chi connectivity index (χ3n) is 2.76. The number of hydrogen-bond donors (Lipinski definition) is 0. The minimum atomic E-state index is -4.42. The van der Waals surface area contributed by atoms with Crippen LogP contribution >= 0.6 is 0 Å². The summed E-state index contributed by atoms with van der Waals surface area (Å²) in [6.45, 7) is 0. The van der Waals surface area contributed by atoms with E-state index in [9.17, 15) is 13.2 Å². The number of alkyl halides is 3. The predicted octanol–water partition coefficient (Wildman–Crippen LogP) is 3.94. The summed E-state index contributed by atoms with van der Waals surface area (Å²) in [5.74, 6) is 0.930. The molecule has 0 aliphatic rings. The molecule has 2 heterocycles. The van der Waals surface area contributed by atoms with E-state index in [1.54, 1.807) is 24.3 Å². The number of aromatic nitrogens is 3. The van der Waals surface area contributed by atoms with Gasteiger partial charge in [-0.3, -0.25) is 0 Å². The summed E-state index contributed by atoms with van der Waals surface area (Å²) >= 11 is 0. The Balaban J connectivity index is 1.73. The Morgan fingerprint density at radius 1 is 0.955 bits per heavy atom. The quantitative estimate of drug-likeness (QED) is 0.733. The minimum absolute atomic E-state index is 0.0697. The highest BCUT2D eigenvalue weighted by atomic mass is 19.4. The number of nitrogens with zero attached hydrogens (tertiary/aromatic N) is 3. The van der Waals surface area contributed by atoms with Crippen LogP contribution in [-0.4, -0.2) is 15.1 Å². The SMILES string of the molecule is FC(F)(F)c1ccc(Oc2ccc(-c3ncon3)cc2)nc1. The third-order valence-corrected chi connectivity index (χ3v) is 2.76. The van der Waals surface area contributed by atoms with Crippen molar-refractivity contribution in [3.05, 3.63) is 54.6 Å².